The lowest BCUT2D eigenvalue weighted by atomic mass is 10.1. The summed E-state index contributed by atoms with van der Waals surface area (Å²) >= 11 is 0. The van der Waals surface area contributed by atoms with Gasteiger partial charge in [-0.1, -0.05) is 13.3 Å². The minimum atomic E-state index is -0.899. The van der Waals surface area contributed by atoms with E-state index in [2.05, 4.69) is 4.57 Å². The van der Waals surface area contributed by atoms with Crippen LogP contribution in [0.25, 0.3) is 23.1 Å². The number of hydrogen-bond acceptors (Lipinski definition) is 3. The third-order valence-electron chi connectivity index (χ3n) is 6.20. The van der Waals surface area contributed by atoms with E-state index in [1.807, 2.05) is 57.4 Å². The molecule has 1 N–H and O–H groups in total. The van der Waals surface area contributed by atoms with Crippen LogP contribution in [0.2, 0.25) is 0 Å². The van der Waals surface area contributed by atoms with Crippen LogP contribution >= 0.6 is 0 Å². The Kier molecular flexibility index (Phi) is 4.00. The molecule has 0 radical (unpaired) electrons. The molecular weight excluding hydrogens is 382 g/mol. The Morgan fingerprint density at radius 1 is 1.30 bits per heavy atom. The first-order chi connectivity index (χ1) is 14.3. The maximum Gasteiger partial charge on any atom is 0.329 e. The van der Waals surface area contributed by atoms with Gasteiger partial charge >= 0.3 is 11.7 Å². The SMILES string of the molecule is CCCC(CC(=O)O)n1c2c3n(c1=O)Cc1cn(C)c4ccc(cc14)OC(C)(C=3)C=2. The molecule has 30 heavy (non-hydrogen) atoms. The molecule has 0 spiro atoms. The van der Waals surface area contributed by atoms with Crippen molar-refractivity contribution >= 4 is 29.0 Å². The van der Waals surface area contributed by atoms with E-state index in [9.17, 15) is 14.7 Å². The van der Waals surface area contributed by atoms with Crippen molar-refractivity contribution < 1.29 is 14.6 Å². The first kappa shape index (κ1) is 18.8. The van der Waals surface area contributed by atoms with E-state index >= 15 is 0 Å². The summed E-state index contributed by atoms with van der Waals surface area (Å²) in [5.74, 6) is -0.128. The van der Waals surface area contributed by atoms with E-state index < -0.39 is 17.6 Å². The van der Waals surface area contributed by atoms with Gasteiger partial charge in [0.1, 0.15) is 11.4 Å². The van der Waals surface area contributed by atoms with Crippen molar-refractivity contribution in [1.82, 2.24) is 13.7 Å². The Morgan fingerprint density at radius 2 is 2.07 bits per heavy atom. The molecule has 0 amide bonds. The van der Waals surface area contributed by atoms with Crippen LogP contribution in [0.5, 0.6) is 5.75 Å². The van der Waals surface area contributed by atoms with Crippen LogP contribution in [0.1, 0.15) is 44.7 Å². The molecule has 0 fully saturated rings. The Labute approximate surface area is 173 Å². The fraction of sp³-hybridized carbons (Fsp3) is 0.391. The van der Waals surface area contributed by atoms with E-state index in [0.29, 0.717) is 13.0 Å². The van der Waals surface area contributed by atoms with Crippen LogP contribution in [0.3, 0.4) is 0 Å². The van der Waals surface area contributed by atoms with E-state index in [4.69, 9.17) is 4.74 Å². The number of hydrogen-bond donors (Lipinski definition) is 1. The minimum Gasteiger partial charge on any atom is -0.481 e. The van der Waals surface area contributed by atoms with Gasteiger partial charge in [0.05, 0.1) is 23.7 Å². The highest BCUT2D eigenvalue weighted by Gasteiger charge is 2.32. The molecule has 2 aromatic heterocycles. The van der Waals surface area contributed by atoms with Crippen molar-refractivity contribution in [1.29, 1.82) is 0 Å². The number of imidazole rings is 1. The number of nitrogens with zero attached hydrogens (tertiary/aromatic N) is 3. The highest BCUT2D eigenvalue weighted by molar-refractivity contribution is 5.85. The summed E-state index contributed by atoms with van der Waals surface area (Å²) in [6.45, 7) is 4.41. The monoisotopic (exact) mass is 407 g/mol. The molecule has 3 aromatic rings. The highest BCUT2D eigenvalue weighted by atomic mass is 16.5. The van der Waals surface area contributed by atoms with Crippen LogP contribution in [-0.4, -0.2) is 30.4 Å². The third-order valence-corrected chi connectivity index (χ3v) is 6.20. The van der Waals surface area contributed by atoms with Gasteiger partial charge in [-0.25, -0.2) is 4.79 Å². The molecular formula is C23H25N3O4. The first-order valence-corrected chi connectivity index (χ1v) is 10.4. The Morgan fingerprint density at radius 3 is 2.80 bits per heavy atom. The van der Waals surface area contributed by atoms with Crippen molar-refractivity contribution in [2.45, 2.75) is 51.3 Å². The smallest absolute Gasteiger partial charge is 0.329 e. The first-order valence-electron chi connectivity index (χ1n) is 10.4. The molecule has 2 unspecified atom stereocenters. The standard InChI is InChI=1S/C23H25N3O4/c1-4-5-15(8-21(27)28)26-20-11-23(2)10-19(20)25(22(26)29)13-14-12-24(3)18-7-6-16(30-23)9-17(14)18/h6-7,9-12,15H,4-5,8,13H2,1-3H3,(H,27,28). The zero-order valence-electron chi connectivity index (χ0n) is 17.4. The molecule has 1 aliphatic carbocycles. The molecule has 156 valence electrons. The van der Waals surface area contributed by atoms with Gasteiger partial charge in [-0.3, -0.25) is 13.9 Å². The molecule has 4 bridgehead atoms. The van der Waals surface area contributed by atoms with E-state index in [1.165, 1.54) is 0 Å². The second-order valence-corrected chi connectivity index (χ2v) is 8.57. The van der Waals surface area contributed by atoms with E-state index in [0.717, 1.165) is 39.3 Å². The fourth-order valence-corrected chi connectivity index (χ4v) is 4.97. The molecule has 1 aliphatic heterocycles. The quantitative estimate of drug-likeness (QED) is 0.699. The van der Waals surface area contributed by atoms with Crippen molar-refractivity contribution in [2.75, 3.05) is 0 Å². The van der Waals surface area contributed by atoms with Crippen LogP contribution in [0.4, 0.5) is 0 Å². The summed E-state index contributed by atoms with van der Waals surface area (Å²) in [6, 6.07) is 5.65. The maximum atomic E-state index is 13.5. The topological polar surface area (TPSA) is 78.4 Å². The van der Waals surface area contributed by atoms with E-state index in [1.54, 1.807) is 9.13 Å². The predicted molar refractivity (Wildman–Crippen MR) is 114 cm³/mol. The molecule has 1 aromatic carbocycles. The van der Waals surface area contributed by atoms with Gasteiger partial charge in [0.25, 0.3) is 0 Å². The number of aliphatic carboxylic acids is 1. The summed E-state index contributed by atoms with van der Waals surface area (Å²) in [5.41, 5.74) is 1.25. The number of aryl methyl sites for hydroxylation is 1. The van der Waals surface area contributed by atoms with Crippen molar-refractivity contribution in [3.05, 3.63) is 51.1 Å². The molecule has 2 aliphatic rings. The largest absolute Gasteiger partial charge is 0.481 e. The average Bonchev–Trinajstić information content (AvgIpc) is 3.23. The second-order valence-electron chi connectivity index (χ2n) is 8.57. The Hall–Kier alpha value is -3.22. The Bertz CT molecular complexity index is 1370. The van der Waals surface area contributed by atoms with Crippen LogP contribution in [0, 0.1) is 0 Å². The van der Waals surface area contributed by atoms with Crippen LogP contribution < -0.4 is 21.1 Å². The third kappa shape index (κ3) is 2.72. The number of rotatable bonds is 5. The summed E-state index contributed by atoms with van der Waals surface area (Å²) in [6.07, 6.45) is 7.32. The average molecular weight is 407 g/mol. The maximum absolute atomic E-state index is 13.5. The van der Waals surface area contributed by atoms with Gasteiger partial charge in [0.15, 0.2) is 0 Å². The van der Waals surface area contributed by atoms with Gasteiger partial charge in [0, 0.05) is 30.2 Å². The van der Waals surface area contributed by atoms with Crippen molar-refractivity contribution in [2.24, 2.45) is 7.05 Å². The molecule has 5 rings (SSSR count). The summed E-state index contributed by atoms with van der Waals surface area (Å²) in [4.78, 5) is 25.0. The molecule has 2 atom stereocenters. The number of carboxylic acid groups (broad SMARTS) is 1. The van der Waals surface area contributed by atoms with Gasteiger partial charge < -0.3 is 14.4 Å². The minimum absolute atomic E-state index is 0.0791. The van der Waals surface area contributed by atoms with Gasteiger partial charge in [-0.2, -0.15) is 0 Å². The number of aromatic nitrogens is 3. The summed E-state index contributed by atoms with van der Waals surface area (Å²) < 4.78 is 11.8. The van der Waals surface area contributed by atoms with Gasteiger partial charge in [0.2, 0.25) is 0 Å². The van der Waals surface area contributed by atoms with Crippen molar-refractivity contribution in [3.8, 4) is 5.75 Å². The molecule has 7 heteroatoms. The second kappa shape index (κ2) is 6.39. The molecule has 3 heterocycles. The van der Waals surface area contributed by atoms with Crippen LogP contribution in [0.15, 0.2) is 29.2 Å². The molecule has 7 nitrogen and oxygen atoms in total. The lowest BCUT2D eigenvalue weighted by molar-refractivity contribution is -0.138. The van der Waals surface area contributed by atoms with Crippen LogP contribution in [-0.2, 0) is 18.4 Å². The summed E-state index contributed by atoms with van der Waals surface area (Å²) in [5, 5.41) is 12.1. The zero-order chi connectivity index (χ0) is 21.2. The number of fused-ring (bicyclic) bond motifs is 2. The number of carboxylic acids is 1. The fourth-order valence-electron chi connectivity index (χ4n) is 4.97. The lowest BCUT2D eigenvalue weighted by Crippen LogP contribution is -2.36. The number of carbonyl (C=O) groups is 1. The van der Waals surface area contributed by atoms with Gasteiger partial charge in [-0.15, -0.1) is 0 Å². The lowest BCUT2D eigenvalue weighted by Gasteiger charge is -2.23. The van der Waals surface area contributed by atoms with Crippen molar-refractivity contribution in [3.63, 3.8) is 0 Å². The predicted octanol–water partition coefficient (Wildman–Crippen LogP) is 1.73. The van der Waals surface area contributed by atoms with E-state index in [-0.39, 0.29) is 12.1 Å². The zero-order valence-corrected chi connectivity index (χ0v) is 17.4. The summed E-state index contributed by atoms with van der Waals surface area (Å²) in [7, 11) is 1.99. The Balaban J connectivity index is 1.79. The highest BCUT2D eigenvalue weighted by Crippen LogP contribution is 2.30. The molecule has 0 saturated heterocycles. The number of ether oxygens (including phenoxy) is 1. The molecule has 0 saturated carbocycles. The van der Waals surface area contributed by atoms with Gasteiger partial charge in [-0.05, 0) is 49.3 Å². The normalized spacial score (nSPS) is 20.0. The number of benzene rings is 1.